The highest BCUT2D eigenvalue weighted by atomic mass is 16.5. The van der Waals surface area contributed by atoms with Crippen molar-refractivity contribution in [2.45, 2.75) is 34.1 Å². The van der Waals surface area contributed by atoms with E-state index in [1.54, 1.807) is 0 Å². The van der Waals surface area contributed by atoms with Crippen molar-refractivity contribution in [3.05, 3.63) is 12.2 Å². The standard InChI is InChI=1S/C13H26O2/c1-12(2)10-14-8-6-5-7-9-15-11-13(3)4/h5-6,12-13H,7-11H2,1-4H3/b6-5+. The molecular formula is C13H26O2. The van der Waals surface area contributed by atoms with Gasteiger partial charge in [0.2, 0.25) is 0 Å². The fourth-order valence-electron chi connectivity index (χ4n) is 1.03. The fourth-order valence-corrected chi connectivity index (χ4v) is 1.03. The van der Waals surface area contributed by atoms with Gasteiger partial charge in [0.05, 0.1) is 13.2 Å². The first-order valence-electron chi connectivity index (χ1n) is 5.93. The molecule has 0 atom stereocenters. The van der Waals surface area contributed by atoms with Crippen LogP contribution in [0.25, 0.3) is 0 Å². The molecule has 0 rings (SSSR count). The van der Waals surface area contributed by atoms with Gasteiger partial charge in [-0.2, -0.15) is 0 Å². The van der Waals surface area contributed by atoms with Crippen LogP contribution in [0.1, 0.15) is 34.1 Å². The van der Waals surface area contributed by atoms with Crippen LogP contribution in [0.2, 0.25) is 0 Å². The number of rotatable bonds is 9. The van der Waals surface area contributed by atoms with Crippen molar-refractivity contribution in [1.29, 1.82) is 0 Å². The molecule has 0 aliphatic rings. The van der Waals surface area contributed by atoms with E-state index in [2.05, 4.69) is 39.8 Å². The molecule has 0 aromatic heterocycles. The van der Waals surface area contributed by atoms with Crippen LogP contribution in [0.3, 0.4) is 0 Å². The minimum Gasteiger partial charge on any atom is -0.381 e. The highest BCUT2D eigenvalue weighted by molar-refractivity contribution is 4.81. The third-order valence-corrected chi connectivity index (χ3v) is 1.71. The second-order valence-electron chi connectivity index (χ2n) is 4.66. The molecule has 0 aromatic carbocycles. The quantitative estimate of drug-likeness (QED) is 0.433. The lowest BCUT2D eigenvalue weighted by Crippen LogP contribution is -2.03. The zero-order chi connectivity index (χ0) is 11.5. The fraction of sp³-hybridized carbons (Fsp3) is 0.846. The van der Waals surface area contributed by atoms with Crippen molar-refractivity contribution in [2.24, 2.45) is 11.8 Å². The molecule has 0 heterocycles. The summed E-state index contributed by atoms with van der Waals surface area (Å²) in [5, 5.41) is 0. The van der Waals surface area contributed by atoms with Crippen LogP contribution in [0, 0.1) is 11.8 Å². The van der Waals surface area contributed by atoms with Gasteiger partial charge in [-0.1, -0.05) is 39.8 Å². The van der Waals surface area contributed by atoms with Crippen LogP contribution in [0.15, 0.2) is 12.2 Å². The minimum absolute atomic E-state index is 0.618. The van der Waals surface area contributed by atoms with Crippen LogP contribution in [0.4, 0.5) is 0 Å². The van der Waals surface area contributed by atoms with Crippen molar-refractivity contribution in [3.63, 3.8) is 0 Å². The van der Waals surface area contributed by atoms with Gasteiger partial charge < -0.3 is 9.47 Å². The normalized spacial score (nSPS) is 12.1. The largest absolute Gasteiger partial charge is 0.381 e. The molecule has 0 spiro atoms. The first kappa shape index (κ1) is 14.7. The number of hydrogen-bond donors (Lipinski definition) is 0. The highest BCUT2D eigenvalue weighted by Gasteiger charge is 1.92. The molecule has 0 N–H and O–H groups in total. The second-order valence-corrected chi connectivity index (χ2v) is 4.66. The van der Waals surface area contributed by atoms with Crippen molar-refractivity contribution in [2.75, 3.05) is 26.4 Å². The highest BCUT2D eigenvalue weighted by Crippen LogP contribution is 1.95. The van der Waals surface area contributed by atoms with Crippen LogP contribution in [-0.4, -0.2) is 26.4 Å². The third kappa shape index (κ3) is 13.7. The van der Waals surface area contributed by atoms with E-state index in [4.69, 9.17) is 9.47 Å². The summed E-state index contributed by atoms with van der Waals surface area (Å²) in [6.07, 6.45) is 5.18. The zero-order valence-corrected chi connectivity index (χ0v) is 10.7. The summed E-state index contributed by atoms with van der Waals surface area (Å²) in [7, 11) is 0. The van der Waals surface area contributed by atoms with Gasteiger partial charge in [-0.3, -0.25) is 0 Å². The van der Waals surface area contributed by atoms with E-state index >= 15 is 0 Å². The van der Waals surface area contributed by atoms with E-state index in [1.807, 2.05) is 0 Å². The Morgan fingerprint density at radius 2 is 1.47 bits per heavy atom. The van der Waals surface area contributed by atoms with Crippen molar-refractivity contribution in [3.8, 4) is 0 Å². The zero-order valence-electron chi connectivity index (χ0n) is 10.7. The molecule has 15 heavy (non-hydrogen) atoms. The Bertz CT molecular complexity index is 151. The summed E-state index contributed by atoms with van der Waals surface area (Å²) in [5.41, 5.74) is 0. The lowest BCUT2D eigenvalue weighted by atomic mass is 10.2. The topological polar surface area (TPSA) is 18.5 Å². The molecule has 0 aromatic rings. The van der Waals surface area contributed by atoms with Gasteiger partial charge in [0, 0.05) is 13.2 Å². The molecular weight excluding hydrogens is 188 g/mol. The van der Waals surface area contributed by atoms with Gasteiger partial charge >= 0.3 is 0 Å². The Balaban J connectivity index is 3.11. The van der Waals surface area contributed by atoms with Crippen molar-refractivity contribution < 1.29 is 9.47 Å². The SMILES string of the molecule is CC(C)COC/C=C/CCOCC(C)C. The van der Waals surface area contributed by atoms with Gasteiger partial charge in [-0.05, 0) is 18.3 Å². The van der Waals surface area contributed by atoms with Crippen LogP contribution < -0.4 is 0 Å². The number of hydrogen-bond acceptors (Lipinski definition) is 2. The third-order valence-electron chi connectivity index (χ3n) is 1.71. The molecule has 0 saturated carbocycles. The maximum atomic E-state index is 5.45. The smallest absolute Gasteiger partial charge is 0.0647 e. The van der Waals surface area contributed by atoms with Crippen molar-refractivity contribution in [1.82, 2.24) is 0 Å². The van der Waals surface area contributed by atoms with Crippen molar-refractivity contribution >= 4 is 0 Å². The molecule has 0 fully saturated rings. The van der Waals surface area contributed by atoms with Crippen LogP contribution in [-0.2, 0) is 9.47 Å². The Labute approximate surface area is 94.7 Å². The van der Waals surface area contributed by atoms with Gasteiger partial charge in [0.15, 0.2) is 0 Å². The monoisotopic (exact) mass is 214 g/mol. The van der Waals surface area contributed by atoms with E-state index in [9.17, 15) is 0 Å². The van der Waals surface area contributed by atoms with Gasteiger partial charge in [-0.25, -0.2) is 0 Å². The van der Waals surface area contributed by atoms with E-state index in [1.165, 1.54) is 0 Å². The summed E-state index contributed by atoms with van der Waals surface area (Å²) in [4.78, 5) is 0. The molecule has 0 saturated heterocycles. The number of ether oxygens (including phenoxy) is 2. The minimum atomic E-state index is 0.618. The average Bonchev–Trinajstić information content (AvgIpc) is 2.14. The molecule has 90 valence electrons. The van der Waals surface area contributed by atoms with E-state index in [0.717, 1.165) is 32.8 Å². The molecule has 0 unspecified atom stereocenters. The molecule has 0 amide bonds. The van der Waals surface area contributed by atoms with Gasteiger partial charge in [-0.15, -0.1) is 0 Å². The average molecular weight is 214 g/mol. The predicted octanol–water partition coefficient (Wildman–Crippen LogP) is 3.28. The summed E-state index contributed by atoms with van der Waals surface area (Å²) in [6, 6.07) is 0. The van der Waals surface area contributed by atoms with E-state index in [0.29, 0.717) is 11.8 Å². The second kappa shape index (κ2) is 10.2. The summed E-state index contributed by atoms with van der Waals surface area (Å²) in [6.45, 7) is 11.9. The molecule has 0 aliphatic carbocycles. The summed E-state index contributed by atoms with van der Waals surface area (Å²) < 4.78 is 10.9. The molecule has 0 radical (unpaired) electrons. The first-order chi connectivity index (χ1) is 7.13. The Morgan fingerprint density at radius 3 is 2.07 bits per heavy atom. The Hall–Kier alpha value is -0.340. The summed E-state index contributed by atoms with van der Waals surface area (Å²) in [5.74, 6) is 1.25. The van der Waals surface area contributed by atoms with Crippen LogP contribution >= 0.6 is 0 Å². The van der Waals surface area contributed by atoms with E-state index in [-0.39, 0.29) is 0 Å². The summed E-state index contributed by atoms with van der Waals surface area (Å²) >= 11 is 0. The Kier molecular flexibility index (Phi) is 9.96. The molecule has 0 bridgehead atoms. The van der Waals surface area contributed by atoms with E-state index < -0.39 is 0 Å². The van der Waals surface area contributed by atoms with Gasteiger partial charge in [0.1, 0.15) is 0 Å². The van der Waals surface area contributed by atoms with Crippen LogP contribution in [0.5, 0.6) is 0 Å². The Morgan fingerprint density at radius 1 is 0.867 bits per heavy atom. The molecule has 2 heteroatoms. The molecule has 0 aliphatic heterocycles. The lowest BCUT2D eigenvalue weighted by Gasteiger charge is -2.05. The maximum Gasteiger partial charge on any atom is 0.0647 e. The predicted molar refractivity (Wildman–Crippen MR) is 65.1 cm³/mol. The first-order valence-corrected chi connectivity index (χ1v) is 5.93. The maximum absolute atomic E-state index is 5.45. The van der Waals surface area contributed by atoms with Gasteiger partial charge in [0.25, 0.3) is 0 Å². The lowest BCUT2D eigenvalue weighted by molar-refractivity contribution is 0.113. The molecule has 2 nitrogen and oxygen atoms in total.